The smallest absolute Gasteiger partial charge is 0.330 e. The standard InChI is InChI=1S/C14H26N4O2/c1-4-6-7-8-10(3)16-11-12(15)18(9-5-2)14(20)17-13(11)19/h10,16H,4-9,15H2,1-3H3,(H,17,19,20). The number of nitrogens with zero attached hydrogens (tertiary/aromatic N) is 1. The van der Waals surface area contributed by atoms with Crippen molar-refractivity contribution in [1.82, 2.24) is 9.55 Å². The van der Waals surface area contributed by atoms with Crippen molar-refractivity contribution in [3.63, 3.8) is 0 Å². The Balaban J connectivity index is 2.92. The number of nitrogens with one attached hydrogen (secondary N) is 2. The molecule has 0 fully saturated rings. The summed E-state index contributed by atoms with van der Waals surface area (Å²) in [4.78, 5) is 25.9. The van der Waals surface area contributed by atoms with E-state index >= 15 is 0 Å². The summed E-state index contributed by atoms with van der Waals surface area (Å²) >= 11 is 0. The quantitative estimate of drug-likeness (QED) is 0.635. The zero-order valence-corrected chi connectivity index (χ0v) is 12.7. The summed E-state index contributed by atoms with van der Waals surface area (Å²) in [5, 5.41) is 3.13. The van der Waals surface area contributed by atoms with Crippen molar-refractivity contribution in [3.05, 3.63) is 20.8 Å². The van der Waals surface area contributed by atoms with Gasteiger partial charge in [0.15, 0.2) is 0 Å². The van der Waals surface area contributed by atoms with Crippen LogP contribution < -0.4 is 22.3 Å². The van der Waals surface area contributed by atoms with Gasteiger partial charge < -0.3 is 11.1 Å². The number of anilines is 2. The second kappa shape index (κ2) is 7.77. The zero-order chi connectivity index (χ0) is 15.1. The maximum atomic E-state index is 11.9. The molecule has 0 aliphatic rings. The van der Waals surface area contributed by atoms with Crippen molar-refractivity contribution < 1.29 is 0 Å². The lowest BCUT2D eigenvalue weighted by Crippen LogP contribution is -2.35. The van der Waals surface area contributed by atoms with E-state index in [4.69, 9.17) is 5.73 Å². The Morgan fingerprint density at radius 2 is 1.95 bits per heavy atom. The molecule has 0 bridgehead atoms. The average Bonchev–Trinajstić information content (AvgIpc) is 2.40. The second-order valence-corrected chi connectivity index (χ2v) is 5.21. The number of hydrogen-bond acceptors (Lipinski definition) is 4. The number of aromatic amines is 1. The molecule has 0 aliphatic carbocycles. The summed E-state index contributed by atoms with van der Waals surface area (Å²) in [6, 6.07) is 0.150. The molecule has 1 aromatic heterocycles. The first-order valence-electron chi connectivity index (χ1n) is 7.40. The van der Waals surface area contributed by atoms with Crippen molar-refractivity contribution >= 4 is 11.5 Å². The molecular formula is C14H26N4O2. The van der Waals surface area contributed by atoms with E-state index < -0.39 is 11.2 Å². The first-order chi connectivity index (χ1) is 9.51. The van der Waals surface area contributed by atoms with Crippen LogP contribution in [-0.2, 0) is 6.54 Å². The minimum Gasteiger partial charge on any atom is -0.383 e. The number of aromatic nitrogens is 2. The van der Waals surface area contributed by atoms with Crippen LogP contribution in [0.2, 0.25) is 0 Å². The maximum absolute atomic E-state index is 11.9. The third-order valence-electron chi connectivity index (χ3n) is 3.32. The van der Waals surface area contributed by atoms with Gasteiger partial charge in [-0.2, -0.15) is 0 Å². The molecule has 6 heteroatoms. The molecule has 1 unspecified atom stereocenters. The topological polar surface area (TPSA) is 92.9 Å². The van der Waals surface area contributed by atoms with Gasteiger partial charge >= 0.3 is 5.69 Å². The maximum Gasteiger partial charge on any atom is 0.330 e. The van der Waals surface area contributed by atoms with Gasteiger partial charge in [-0.25, -0.2) is 4.79 Å². The van der Waals surface area contributed by atoms with Crippen molar-refractivity contribution in [2.24, 2.45) is 0 Å². The molecule has 0 radical (unpaired) electrons. The predicted octanol–water partition coefficient (Wildman–Crippen LogP) is 1.91. The van der Waals surface area contributed by atoms with Gasteiger partial charge in [0.1, 0.15) is 11.5 Å². The summed E-state index contributed by atoms with van der Waals surface area (Å²) in [5.74, 6) is 0.225. The highest BCUT2D eigenvalue weighted by atomic mass is 16.2. The lowest BCUT2D eigenvalue weighted by atomic mass is 10.1. The van der Waals surface area contributed by atoms with E-state index in [9.17, 15) is 9.59 Å². The van der Waals surface area contributed by atoms with Crippen LogP contribution in [0.15, 0.2) is 9.59 Å². The van der Waals surface area contributed by atoms with E-state index in [0.29, 0.717) is 12.2 Å². The Labute approximate surface area is 119 Å². The third-order valence-corrected chi connectivity index (χ3v) is 3.32. The molecular weight excluding hydrogens is 256 g/mol. The van der Waals surface area contributed by atoms with Crippen LogP contribution in [0.25, 0.3) is 0 Å². The fourth-order valence-corrected chi connectivity index (χ4v) is 2.19. The highest BCUT2D eigenvalue weighted by molar-refractivity contribution is 5.60. The van der Waals surface area contributed by atoms with Gasteiger partial charge in [0.05, 0.1) is 0 Å². The Bertz CT molecular complexity index is 533. The molecule has 20 heavy (non-hydrogen) atoms. The molecule has 0 saturated carbocycles. The number of unbranched alkanes of at least 4 members (excludes halogenated alkanes) is 2. The zero-order valence-electron chi connectivity index (χ0n) is 12.7. The van der Waals surface area contributed by atoms with Gasteiger partial charge in [-0.3, -0.25) is 14.3 Å². The molecule has 1 aromatic rings. The van der Waals surface area contributed by atoms with E-state index in [2.05, 4.69) is 17.2 Å². The lowest BCUT2D eigenvalue weighted by molar-refractivity contribution is 0.610. The first-order valence-corrected chi connectivity index (χ1v) is 7.40. The average molecular weight is 282 g/mol. The van der Waals surface area contributed by atoms with E-state index in [1.807, 2.05) is 13.8 Å². The van der Waals surface area contributed by atoms with Crippen LogP contribution in [-0.4, -0.2) is 15.6 Å². The molecule has 0 amide bonds. The first kappa shape index (κ1) is 16.3. The van der Waals surface area contributed by atoms with Crippen molar-refractivity contribution in [2.75, 3.05) is 11.1 Å². The number of H-pyrrole nitrogens is 1. The van der Waals surface area contributed by atoms with Gasteiger partial charge in [0.25, 0.3) is 5.56 Å². The van der Waals surface area contributed by atoms with Gasteiger partial charge in [-0.1, -0.05) is 33.1 Å². The fraction of sp³-hybridized carbons (Fsp3) is 0.714. The van der Waals surface area contributed by atoms with Gasteiger partial charge in [-0.15, -0.1) is 0 Å². The molecule has 0 spiro atoms. The summed E-state index contributed by atoms with van der Waals surface area (Å²) in [6.45, 7) is 6.63. The summed E-state index contributed by atoms with van der Waals surface area (Å²) < 4.78 is 1.41. The lowest BCUT2D eigenvalue weighted by Gasteiger charge is -2.18. The predicted molar refractivity (Wildman–Crippen MR) is 83.3 cm³/mol. The Morgan fingerprint density at radius 3 is 2.55 bits per heavy atom. The SMILES string of the molecule is CCCCCC(C)Nc1c(N)n(CCC)c(=O)[nH]c1=O. The molecule has 0 saturated heterocycles. The van der Waals surface area contributed by atoms with Crippen LogP contribution in [0.5, 0.6) is 0 Å². The largest absolute Gasteiger partial charge is 0.383 e. The number of hydrogen-bond donors (Lipinski definition) is 3. The monoisotopic (exact) mass is 282 g/mol. The number of rotatable bonds is 8. The van der Waals surface area contributed by atoms with Gasteiger partial charge in [0, 0.05) is 12.6 Å². The van der Waals surface area contributed by atoms with Crippen LogP contribution in [0.1, 0.15) is 52.9 Å². The van der Waals surface area contributed by atoms with E-state index in [1.54, 1.807) is 0 Å². The number of nitrogen functional groups attached to an aromatic ring is 1. The third kappa shape index (κ3) is 4.15. The van der Waals surface area contributed by atoms with Crippen LogP contribution >= 0.6 is 0 Å². The van der Waals surface area contributed by atoms with Crippen LogP contribution in [0, 0.1) is 0 Å². The molecule has 1 atom stereocenters. The van der Waals surface area contributed by atoms with E-state index in [1.165, 1.54) is 11.0 Å². The minimum atomic E-state index is -0.446. The van der Waals surface area contributed by atoms with E-state index in [0.717, 1.165) is 25.7 Å². The summed E-state index contributed by atoms with van der Waals surface area (Å²) in [7, 11) is 0. The molecule has 4 N–H and O–H groups in total. The Morgan fingerprint density at radius 1 is 1.25 bits per heavy atom. The Kier molecular flexibility index (Phi) is 6.35. The van der Waals surface area contributed by atoms with Gasteiger partial charge in [-0.05, 0) is 19.8 Å². The molecule has 6 nitrogen and oxygen atoms in total. The summed E-state index contributed by atoms with van der Waals surface area (Å²) in [5.41, 5.74) is 5.37. The van der Waals surface area contributed by atoms with Crippen molar-refractivity contribution in [3.8, 4) is 0 Å². The molecule has 1 rings (SSSR count). The molecule has 1 heterocycles. The normalized spacial score (nSPS) is 12.3. The van der Waals surface area contributed by atoms with Gasteiger partial charge in [0.2, 0.25) is 0 Å². The molecule has 0 aromatic carbocycles. The highest BCUT2D eigenvalue weighted by Crippen LogP contribution is 2.14. The highest BCUT2D eigenvalue weighted by Gasteiger charge is 2.13. The van der Waals surface area contributed by atoms with Crippen molar-refractivity contribution in [2.45, 2.75) is 65.5 Å². The molecule has 114 valence electrons. The van der Waals surface area contributed by atoms with Crippen molar-refractivity contribution in [1.29, 1.82) is 0 Å². The second-order valence-electron chi connectivity index (χ2n) is 5.21. The minimum absolute atomic E-state index is 0.150. The van der Waals surface area contributed by atoms with E-state index in [-0.39, 0.29) is 11.9 Å². The summed E-state index contributed by atoms with van der Waals surface area (Å²) in [6.07, 6.45) is 5.20. The molecule has 0 aliphatic heterocycles. The fourth-order valence-electron chi connectivity index (χ4n) is 2.19. The number of nitrogens with two attached hydrogens (primary N) is 1. The van der Waals surface area contributed by atoms with Crippen LogP contribution in [0.3, 0.4) is 0 Å². The van der Waals surface area contributed by atoms with Crippen LogP contribution in [0.4, 0.5) is 11.5 Å². The Hall–Kier alpha value is -1.72.